The Morgan fingerprint density at radius 1 is 1.15 bits per heavy atom. The van der Waals surface area contributed by atoms with Gasteiger partial charge in [0.2, 0.25) is 0 Å². The lowest BCUT2D eigenvalue weighted by atomic mass is 9.88. The summed E-state index contributed by atoms with van der Waals surface area (Å²) < 4.78 is 0. The molecule has 1 saturated carbocycles. The summed E-state index contributed by atoms with van der Waals surface area (Å²) >= 11 is 0. The molecule has 0 amide bonds. The minimum Gasteiger partial charge on any atom is -0.396 e. The van der Waals surface area contributed by atoms with Crippen molar-refractivity contribution in [3.05, 3.63) is 48.3 Å². The van der Waals surface area contributed by atoms with E-state index in [1.54, 1.807) is 6.20 Å². The Labute approximate surface area is 155 Å². The first-order chi connectivity index (χ1) is 12.6. The van der Waals surface area contributed by atoms with E-state index in [9.17, 15) is 10.2 Å². The number of nitrogens with one attached hydrogen (secondary N) is 1. The van der Waals surface area contributed by atoms with Crippen LogP contribution in [0, 0.1) is 17.8 Å². The van der Waals surface area contributed by atoms with Crippen LogP contribution in [0.2, 0.25) is 0 Å². The molecule has 0 aliphatic heterocycles. The standard InChI is InChI=1S/C21H29N3O2/c1-14(2)12-23-19-11-20(26)18(13-25)17(19)10-16-8-9-22-21(24-16)15-6-4-3-5-7-15/h3-9,14,17-20,23,25-26H,10-13H2,1-2H3/t17-,18-,19-,20-/m1/s1. The van der Waals surface area contributed by atoms with Crippen LogP contribution in [-0.4, -0.2) is 45.5 Å². The van der Waals surface area contributed by atoms with Gasteiger partial charge in [-0.2, -0.15) is 0 Å². The summed E-state index contributed by atoms with van der Waals surface area (Å²) in [5, 5.41) is 23.7. The maximum atomic E-state index is 10.4. The highest BCUT2D eigenvalue weighted by atomic mass is 16.3. The molecule has 0 spiro atoms. The van der Waals surface area contributed by atoms with E-state index in [4.69, 9.17) is 4.98 Å². The molecule has 2 aromatic rings. The molecule has 1 aliphatic carbocycles. The van der Waals surface area contributed by atoms with Crippen molar-refractivity contribution in [2.75, 3.05) is 13.2 Å². The number of nitrogens with zero attached hydrogens (tertiary/aromatic N) is 2. The fourth-order valence-corrected chi connectivity index (χ4v) is 3.84. The number of aliphatic hydroxyl groups is 2. The van der Waals surface area contributed by atoms with E-state index < -0.39 is 6.10 Å². The van der Waals surface area contributed by atoms with Crippen LogP contribution in [0.1, 0.15) is 26.0 Å². The number of aliphatic hydroxyl groups excluding tert-OH is 2. The second-order valence-corrected chi connectivity index (χ2v) is 7.66. The van der Waals surface area contributed by atoms with Crippen LogP contribution >= 0.6 is 0 Å². The predicted molar refractivity (Wildman–Crippen MR) is 102 cm³/mol. The molecule has 1 heterocycles. The van der Waals surface area contributed by atoms with Crippen molar-refractivity contribution >= 4 is 0 Å². The molecule has 140 valence electrons. The van der Waals surface area contributed by atoms with E-state index in [1.807, 2.05) is 36.4 Å². The molecular weight excluding hydrogens is 326 g/mol. The maximum Gasteiger partial charge on any atom is 0.159 e. The quantitative estimate of drug-likeness (QED) is 0.710. The lowest BCUT2D eigenvalue weighted by Crippen LogP contribution is -2.38. The second kappa shape index (κ2) is 8.71. The molecule has 3 N–H and O–H groups in total. The lowest BCUT2D eigenvalue weighted by Gasteiger charge is -2.25. The number of aromatic nitrogens is 2. The van der Waals surface area contributed by atoms with Crippen molar-refractivity contribution in [1.29, 1.82) is 0 Å². The minimum atomic E-state index is -0.468. The highest BCUT2D eigenvalue weighted by Gasteiger charge is 2.42. The molecule has 3 rings (SSSR count). The second-order valence-electron chi connectivity index (χ2n) is 7.66. The van der Waals surface area contributed by atoms with Crippen LogP contribution in [0.3, 0.4) is 0 Å². The Morgan fingerprint density at radius 2 is 1.92 bits per heavy atom. The molecule has 26 heavy (non-hydrogen) atoms. The van der Waals surface area contributed by atoms with Crippen LogP contribution < -0.4 is 5.32 Å². The third-order valence-electron chi connectivity index (χ3n) is 5.25. The van der Waals surface area contributed by atoms with Gasteiger partial charge in [-0.15, -0.1) is 0 Å². The summed E-state index contributed by atoms with van der Waals surface area (Å²) in [4.78, 5) is 9.12. The van der Waals surface area contributed by atoms with Crippen LogP contribution in [0.4, 0.5) is 0 Å². The van der Waals surface area contributed by atoms with Crippen LogP contribution in [-0.2, 0) is 6.42 Å². The van der Waals surface area contributed by atoms with Gasteiger partial charge < -0.3 is 15.5 Å². The molecule has 0 saturated heterocycles. The summed E-state index contributed by atoms with van der Waals surface area (Å²) in [7, 11) is 0. The summed E-state index contributed by atoms with van der Waals surface area (Å²) in [5.74, 6) is 1.31. The molecule has 4 atom stereocenters. The first-order valence-electron chi connectivity index (χ1n) is 9.48. The molecule has 1 fully saturated rings. The van der Waals surface area contributed by atoms with Crippen molar-refractivity contribution in [2.24, 2.45) is 17.8 Å². The van der Waals surface area contributed by atoms with Crippen molar-refractivity contribution in [2.45, 2.75) is 38.8 Å². The van der Waals surface area contributed by atoms with Gasteiger partial charge in [-0.3, -0.25) is 0 Å². The monoisotopic (exact) mass is 355 g/mol. The highest BCUT2D eigenvalue weighted by Crippen LogP contribution is 2.35. The van der Waals surface area contributed by atoms with Gasteiger partial charge in [0, 0.05) is 36.0 Å². The van der Waals surface area contributed by atoms with Gasteiger partial charge >= 0.3 is 0 Å². The number of hydrogen-bond donors (Lipinski definition) is 3. The van der Waals surface area contributed by atoms with Gasteiger partial charge in [0.25, 0.3) is 0 Å². The Bertz CT molecular complexity index is 693. The molecule has 1 aliphatic rings. The zero-order valence-electron chi connectivity index (χ0n) is 15.5. The van der Waals surface area contributed by atoms with Crippen molar-refractivity contribution < 1.29 is 10.2 Å². The van der Waals surface area contributed by atoms with E-state index >= 15 is 0 Å². The summed E-state index contributed by atoms with van der Waals surface area (Å²) in [6, 6.07) is 12.1. The Kier molecular flexibility index (Phi) is 6.35. The minimum absolute atomic E-state index is 0.00230. The lowest BCUT2D eigenvalue weighted by molar-refractivity contribution is 0.0716. The molecule has 5 nitrogen and oxygen atoms in total. The first kappa shape index (κ1) is 19.0. The van der Waals surface area contributed by atoms with Gasteiger partial charge in [0.1, 0.15) is 0 Å². The Morgan fingerprint density at radius 3 is 2.62 bits per heavy atom. The predicted octanol–water partition coefficient (Wildman–Crippen LogP) is 2.29. The van der Waals surface area contributed by atoms with Crippen LogP contribution in [0.15, 0.2) is 42.6 Å². The third kappa shape index (κ3) is 4.47. The largest absolute Gasteiger partial charge is 0.396 e. The van der Waals surface area contributed by atoms with Gasteiger partial charge in [-0.1, -0.05) is 44.2 Å². The van der Waals surface area contributed by atoms with E-state index in [0.29, 0.717) is 18.2 Å². The Balaban J connectivity index is 1.78. The normalized spacial score (nSPS) is 25.7. The number of rotatable bonds is 7. The van der Waals surface area contributed by atoms with E-state index in [0.717, 1.165) is 24.2 Å². The van der Waals surface area contributed by atoms with Crippen molar-refractivity contribution in [3.63, 3.8) is 0 Å². The highest BCUT2D eigenvalue weighted by molar-refractivity contribution is 5.54. The van der Waals surface area contributed by atoms with Crippen LogP contribution in [0.25, 0.3) is 11.4 Å². The fourth-order valence-electron chi connectivity index (χ4n) is 3.84. The SMILES string of the molecule is CC(C)CN[C@@H]1C[C@@H](O)[C@H](CO)[C@H]1Cc1ccnc(-c2ccccc2)n1. The van der Waals surface area contributed by atoms with E-state index in [1.165, 1.54) is 0 Å². The molecule has 5 heteroatoms. The van der Waals surface area contributed by atoms with E-state index in [2.05, 4.69) is 24.1 Å². The number of hydrogen-bond acceptors (Lipinski definition) is 5. The van der Waals surface area contributed by atoms with Crippen LogP contribution in [0.5, 0.6) is 0 Å². The van der Waals surface area contributed by atoms with Gasteiger partial charge in [-0.25, -0.2) is 9.97 Å². The zero-order valence-corrected chi connectivity index (χ0v) is 15.5. The molecule has 1 aromatic carbocycles. The fraction of sp³-hybridized carbons (Fsp3) is 0.524. The van der Waals surface area contributed by atoms with Crippen molar-refractivity contribution in [1.82, 2.24) is 15.3 Å². The molecule has 0 bridgehead atoms. The molecule has 0 radical (unpaired) electrons. The molecule has 0 unspecified atom stereocenters. The summed E-state index contributed by atoms with van der Waals surface area (Å²) in [5.41, 5.74) is 1.95. The van der Waals surface area contributed by atoms with Gasteiger partial charge in [-0.05, 0) is 37.3 Å². The zero-order chi connectivity index (χ0) is 18.5. The molecule has 1 aromatic heterocycles. The topological polar surface area (TPSA) is 78.3 Å². The number of benzene rings is 1. The first-order valence-corrected chi connectivity index (χ1v) is 9.48. The Hall–Kier alpha value is -1.82. The molecular formula is C21H29N3O2. The van der Waals surface area contributed by atoms with Gasteiger partial charge in [0.05, 0.1) is 6.10 Å². The maximum absolute atomic E-state index is 10.4. The average molecular weight is 355 g/mol. The average Bonchev–Trinajstić information content (AvgIpc) is 2.95. The van der Waals surface area contributed by atoms with Gasteiger partial charge in [0.15, 0.2) is 5.82 Å². The smallest absolute Gasteiger partial charge is 0.159 e. The summed E-state index contributed by atoms with van der Waals surface area (Å²) in [6.45, 7) is 5.26. The third-order valence-corrected chi connectivity index (χ3v) is 5.25. The van der Waals surface area contributed by atoms with E-state index in [-0.39, 0.29) is 24.5 Å². The summed E-state index contributed by atoms with van der Waals surface area (Å²) in [6.07, 6.45) is 2.73. The van der Waals surface area contributed by atoms with Crippen molar-refractivity contribution in [3.8, 4) is 11.4 Å².